The Bertz CT molecular complexity index is 617. The molecule has 1 fully saturated rings. The van der Waals surface area contributed by atoms with Crippen LogP contribution < -0.4 is 11.1 Å². The Morgan fingerprint density at radius 1 is 1.37 bits per heavy atom. The van der Waals surface area contributed by atoms with Gasteiger partial charge < -0.3 is 11.1 Å². The Kier molecular flexibility index (Phi) is 2.67. The van der Waals surface area contributed by atoms with Crippen molar-refractivity contribution in [3.05, 3.63) is 41.2 Å². The molecule has 0 bridgehead atoms. The van der Waals surface area contributed by atoms with Crippen molar-refractivity contribution in [1.82, 2.24) is 20.1 Å². The zero-order valence-electron chi connectivity index (χ0n) is 10.0. The van der Waals surface area contributed by atoms with Gasteiger partial charge in [0.25, 0.3) is 0 Å². The number of halogens is 1. The molecule has 0 spiro atoms. The summed E-state index contributed by atoms with van der Waals surface area (Å²) in [5.74, 6) is 0.0755. The predicted molar refractivity (Wildman–Crippen MR) is 70.7 cm³/mol. The molecule has 0 atom stereocenters. The molecule has 1 aromatic carbocycles. The lowest BCUT2D eigenvalue weighted by Gasteiger charge is -2.17. The normalized spacial score (nSPS) is 16.1. The average Bonchev–Trinajstić information content (AvgIpc) is 3.03. The number of benzene rings is 1. The minimum Gasteiger partial charge on any atom is -0.366 e. The Morgan fingerprint density at radius 3 is 2.58 bits per heavy atom. The molecule has 98 valence electrons. The van der Waals surface area contributed by atoms with Gasteiger partial charge in [-0.2, -0.15) is 4.68 Å². The number of rotatable bonds is 2. The first kappa shape index (κ1) is 12.0. The maximum Gasteiger partial charge on any atom is 0.344 e. The highest BCUT2D eigenvalue weighted by molar-refractivity contribution is 6.30. The summed E-state index contributed by atoms with van der Waals surface area (Å²) in [5, 5.41) is 7.41. The van der Waals surface area contributed by atoms with Gasteiger partial charge in [-0.05, 0) is 30.5 Å². The van der Waals surface area contributed by atoms with Crippen molar-refractivity contribution in [2.75, 3.05) is 5.73 Å². The summed E-state index contributed by atoms with van der Waals surface area (Å²) in [6.07, 6.45) is 3.08. The molecule has 19 heavy (non-hydrogen) atoms. The van der Waals surface area contributed by atoms with Crippen molar-refractivity contribution in [3.8, 4) is 0 Å². The molecule has 1 aliphatic carbocycles. The van der Waals surface area contributed by atoms with E-state index in [1.807, 2.05) is 24.3 Å². The molecule has 1 aromatic heterocycles. The maximum atomic E-state index is 12.0. The number of aromatic nitrogens is 3. The number of nitrogens with two attached hydrogens (primary N) is 1. The summed E-state index contributed by atoms with van der Waals surface area (Å²) in [7, 11) is 0. The molecule has 6 nitrogen and oxygen atoms in total. The van der Waals surface area contributed by atoms with Crippen molar-refractivity contribution in [3.63, 3.8) is 0 Å². The van der Waals surface area contributed by atoms with Gasteiger partial charge in [0.2, 0.25) is 5.95 Å². The van der Waals surface area contributed by atoms with Gasteiger partial charge >= 0.3 is 6.03 Å². The summed E-state index contributed by atoms with van der Waals surface area (Å²) in [4.78, 5) is 15.7. The van der Waals surface area contributed by atoms with Crippen molar-refractivity contribution in [2.24, 2.45) is 0 Å². The number of carbonyl (C=O) groups excluding carboxylic acids is 1. The van der Waals surface area contributed by atoms with Gasteiger partial charge in [-0.3, -0.25) is 0 Å². The number of hydrogen-bond donors (Lipinski definition) is 2. The Hall–Kier alpha value is -2.08. The van der Waals surface area contributed by atoms with Crippen LogP contribution in [0.15, 0.2) is 30.6 Å². The molecule has 0 aliphatic heterocycles. The molecule has 2 aromatic rings. The molecule has 1 amide bonds. The molecule has 1 aliphatic rings. The van der Waals surface area contributed by atoms with Crippen LogP contribution in [0.5, 0.6) is 0 Å². The van der Waals surface area contributed by atoms with Crippen LogP contribution in [0, 0.1) is 0 Å². The van der Waals surface area contributed by atoms with E-state index in [9.17, 15) is 4.79 Å². The smallest absolute Gasteiger partial charge is 0.344 e. The molecule has 3 N–H and O–H groups in total. The Balaban J connectivity index is 1.79. The zero-order valence-corrected chi connectivity index (χ0v) is 10.8. The van der Waals surface area contributed by atoms with Crippen LogP contribution >= 0.6 is 11.6 Å². The van der Waals surface area contributed by atoms with Crippen LogP contribution in [-0.2, 0) is 5.54 Å². The first-order chi connectivity index (χ1) is 9.09. The number of nitrogens with one attached hydrogen (secondary N) is 1. The van der Waals surface area contributed by atoms with E-state index in [2.05, 4.69) is 15.4 Å². The van der Waals surface area contributed by atoms with Crippen LogP contribution in [-0.4, -0.2) is 20.8 Å². The molecular formula is C12H12ClN5O. The van der Waals surface area contributed by atoms with Gasteiger partial charge in [-0.25, -0.2) is 9.78 Å². The molecule has 7 heteroatoms. The quantitative estimate of drug-likeness (QED) is 0.876. The minimum absolute atomic E-state index is 0.0755. The molecule has 0 radical (unpaired) electrons. The van der Waals surface area contributed by atoms with E-state index in [0.717, 1.165) is 23.1 Å². The molecule has 1 heterocycles. The molecular weight excluding hydrogens is 266 g/mol. The van der Waals surface area contributed by atoms with Gasteiger partial charge in [-0.1, -0.05) is 23.7 Å². The second-order valence-corrected chi connectivity index (χ2v) is 5.00. The predicted octanol–water partition coefficient (Wildman–Crippen LogP) is 1.76. The third kappa shape index (κ3) is 2.26. The zero-order chi connectivity index (χ0) is 13.5. The summed E-state index contributed by atoms with van der Waals surface area (Å²) < 4.78 is 1.10. The largest absolute Gasteiger partial charge is 0.366 e. The van der Waals surface area contributed by atoms with Crippen molar-refractivity contribution in [1.29, 1.82) is 0 Å². The lowest BCUT2D eigenvalue weighted by molar-refractivity contribution is 0.234. The van der Waals surface area contributed by atoms with Gasteiger partial charge in [0.1, 0.15) is 6.33 Å². The van der Waals surface area contributed by atoms with E-state index < -0.39 is 0 Å². The van der Waals surface area contributed by atoms with Crippen LogP contribution in [0.25, 0.3) is 0 Å². The molecule has 0 saturated heterocycles. The van der Waals surface area contributed by atoms with Crippen LogP contribution in [0.3, 0.4) is 0 Å². The number of hydrogen-bond acceptors (Lipinski definition) is 4. The lowest BCUT2D eigenvalue weighted by atomic mass is 10.1. The van der Waals surface area contributed by atoms with Gasteiger partial charge in [-0.15, -0.1) is 5.10 Å². The van der Waals surface area contributed by atoms with E-state index in [4.69, 9.17) is 17.3 Å². The summed E-state index contributed by atoms with van der Waals surface area (Å²) in [6, 6.07) is 7.14. The standard InChI is InChI=1S/C12H12ClN5O/c13-9-3-1-8(2-4-9)12(5-6-12)16-11(19)18-7-15-10(14)17-18/h1-4,7H,5-6H2,(H2,14,17)(H,16,19). The van der Waals surface area contributed by atoms with Gasteiger partial charge in [0, 0.05) is 5.02 Å². The van der Waals surface area contributed by atoms with E-state index in [1.165, 1.54) is 6.33 Å². The topological polar surface area (TPSA) is 85.8 Å². The van der Waals surface area contributed by atoms with E-state index in [1.54, 1.807) is 0 Å². The Morgan fingerprint density at radius 2 is 2.05 bits per heavy atom. The molecule has 0 unspecified atom stereocenters. The minimum atomic E-state index is -0.336. The highest BCUT2D eigenvalue weighted by Gasteiger charge is 2.46. The van der Waals surface area contributed by atoms with Crippen molar-refractivity contribution in [2.45, 2.75) is 18.4 Å². The first-order valence-corrected chi connectivity index (χ1v) is 6.23. The summed E-state index contributed by atoms with van der Waals surface area (Å²) >= 11 is 5.86. The number of nitrogens with zero attached hydrogens (tertiary/aromatic N) is 3. The Labute approximate surface area is 114 Å². The van der Waals surface area contributed by atoms with Crippen LogP contribution in [0.2, 0.25) is 5.02 Å². The number of nitrogen functional groups attached to an aromatic ring is 1. The fourth-order valence-electron chi connectivity index (χ4n) is 2.02. The van der Waals surface area contributed by atoms with E-state index in [-0.39, 0.29) is 17.5 Å². The van der Waals surface area contributed by atoms with Gasteiger partial charge in [0.15, 0.2) is 0 Å². The first-order valence-electron chi connectivity index (χ1n) is 5.85. The fraction of sp³-hybridized carbons (Fsp3) is 0.250. The highest BCUT2D eigenvalue weighted by atomic mass is 35.5. The van der Waals surface area contributed by atoms with Crippen molar-refractivity contribution >= 4 is 23.6 Å². The van der Waals surface area contributed by atoms with E-state index >= 15 is 0 Å². The second-order valence-electron chi connectivity index (χ2n) is 4.57. The summed E-state index contributed by atoms with van der Waals surface area (Å²) in [5.41, 5.74) is 6.11. The average molecular weight is 278 g/mol. The number of anilines is 1. The summed E-state index contributed by atoms with van der Waals surface area (Å²) in [6.45, 7) is 0. The monoisotopic (exact) mass is 277 g/mol. The van der Waals surface area contributed by atoms with E-state index in [0.29, 0.717) is 5.02 Å². The maximum absolute atomic E-state index is 12.0. The third-order valence-electron chi connectivity index (χ3n) is 3.21. The van der Waals surface area contributed by atoms with Crippen molar-refractivity contribution < 1.29 is 4.79 Å². The van der Waals surface area contributed by atoms with Crippen LogP contribution in [0.1, 0.15) is 18.4 Å². The highest BCUT2D eigenvalue weighted by Crippen LogP contribution is 2.45. The SMILES string of the molecule is Nc1ncn(C(=O)NC2(c3ccc(Cl)cc3)CC2)n1. The van der Waals surface area contributed by atoms with Crippen LogP contribution in [0.4, 0.5) is 10.7 Å². The molecule has 1 saturated carbocycles. The third-order valence-corrected chi connectivity index (χ3v) is 3.46. The number of carbonyl (C=O) groups is 1. The molecule has 3 rings (SSSR count). The second kappa shape index (κ2) is 4.24. The van der Waals surface area contributed by atoms with Gasteiger partial charge in [0.05, 0.1) is 5.54 Å². The number of amides is 1. The lowest BCUT2D eigenvalue weighted by Crippen LogP contribution is -2.38. The fourth-order valence-corrected chi connectivity index (χ4v) is 2.14.